The minimum Gasteiger partial charge on any atom is -0.299 e. The fraction of sp³-hybridized carbons (Fsp3) is 0.333. The Labute approximate surface area is 78.2 Å². The summed E-state index contributed by atoms with van der Waals surface area (Å²) in [5.41, 5.74) is 2.88. The molecule has 3 aliphatic rings. The van der Waals surface area contributed by atoms with Crippen LogP contribution in [0.3, 0.4) is 0 Å². The predicted molar refractivity (Wildman–Crippen MR) is 52.3 cm³/mol. The highest BCUT2D eigenvalue weighted by atomic mass is 14.9. The average molecular weight is 169 g/mol. The number of nitrogens with one attached hydrogen (secondary N) is 1. The molecule has 2 heterocycles. The summed E-state index contributed by atoms with van der Waals surface area (Å²) in [6.45, 7) is 1.07. The van der Waals surface area contributed by atoms with Crippen molar-refractivity contribution in [3.8, 4) is 11.8 Å². The van der Waals surface area contributed by atoms with Crippen LogP contribution in [0.1, 0.15) is 29.5 Å². The lowest BCUT2D eigenvalue weighted by molar-refractivity contribution is 0.529. The van der Waals surface area contributed by atoms with E-state index in [9.17, 15) is 0 Å². The van der Waals surface area contributed by atoms with E-state index in [0.29, 0.717) is 5.92 Å². The van der Waals surface area contributed by atoms with E-state index in [1.54, 1.807) is 0 Å². The Balaban J connectivity index is 2.22. The van der Waals surface area contributed by atoms with Gasteiger partial charge in [0.1, 0.15) is 0 Å². The highest BCUT2D eigenvalue weighted by molar-refractivity contribution is 5.42. The first-order chi connectivity index (χ1) is 6.45. The average Bonchev–Trinajstić information content (AvgIpc) is 2.52. The van der Waals surface area contributed by atoms with Crippen LogP contribution in [-0.4, -0.2) is 6.54 Å². The molecule has 2 aliphatic heterocycles. The standard InChI is InChI=1S/C12H11N/c1-2-6-11-10(5-1)9-4-3-7-12(11)13-8-9/h1-2,5-6,9,12-13H,4,8H2. The summed E-state index contributed by atoms with van der Waals surface area (Å²) >= 11 is 0. The maximum atomic E-state index is 3.46. The molecule has 0 saturated carbocycles. The summed E-state index contributed by atoms with van der Waals surface area (Å²) in [7, 11) is 0. The molecule has 0 saturated heterocycles. The van der Waals surface area contributed by atoms with Crippen LogP contribution < -0.4 is 5.32 Å². The van der Waals surface area contributed by atoms with E-state index < -0.39 is 0 Å². The molecule has 2 unspecified atom stereocenters. The van der Waals surface area contributed by atoms with Crippen LogP contribution in [0.4, 0.5) is 0 Å². The zero-order valence-electron chi connectivity index (χ0n) is 7.38. The molecular formula is C12H11N. The second-order valence-electron chi connectivity index (χ2n) is 3.69. The van der Waals surface area contributed by atoms with Gasteiger partial charge in [0.2, 0.25) is 0 Å². The Bertz CT molecular complexity index is 397. The largest absolute Gasteiger partial charge is 0.299 e. The van der Waals surface area contributed by atoms with Gasteiger partial charge in [0.25, 0.3) is 0 Å². The van der Waals surface area contributed by atoms with Gasteiger partial charge < -0.3 is 0 Å². The van der Waals surface area contributed by atoms with Gasteiger partial charge in [-0.2, -0.15) is 0 Å². The van der Waals surface area contributed by atoms with Gasteiger partial charge in [0.15, 0.2) is 0 Å². The number of fused-ring (bicyclic) bond motifs is 2. The van der Waals surface area contributed by atoms with E-state index in [-0.39, 0.29) is 6.04 Å². The molecule has 1 N–H and O–H groups in total. The fourth-order valence-corrected chi connectivity index (χ4v) is 2.22. The third-order valence-corrected chi connectivity index (χ3v) is 2.91. The van der Waals surface area contributed by atoms with Crippen LogP contribution in [0.15, 0.2) is 24.3 Å². The van der Waals surface area contributed by atoms with Crippen molar-refractivity contribution in [1.29, 1.82) is 0 Å². The predicted octanol–water partition coefficient (Wildman–Crippen LogP) is 1.82. The highest BCUT2D eigenvalue weighted by Gasteiger charge is 2.26. The molecule has 0 fully saturated rings. The van der Waals surface area contributed by atoms with Crippen molar-refractivity contribution in [3.05, 3.63) is 35.4 Å². The number of hydrogen-bond donors (Lipinski definition) is 1. The van der Waals surface area contributed by atoms with Crippen molar-refractivity contribution in [2.45, 2.75) is 18.4 Å². The van der Waals surface area contributed by atoms with E-state index in [1.807, 2.05) is 0 Å². The molecule has 0 amide bonds. The summed E-state index contributed by atoms with van der Waals surface area (Å²) in [5, 5.41) is 3.46. The van der Waals surface area contributed by atoms with Crippen molar-refractivity contribution < 1.29 is 0 Å². The molecular weight excluding hydrogens is 158 g/mol. The van der Waals surface area contributed by atoms with Crippen molar-refractivity contribution in [1.82, 2.24) is 5.32 Å². The molecule has 2 bridgehead atoms. The summed E-state index contributed by atoms with van der Waals surface area (Å²) in [6, 6.07) is 8.94. The van der Waals surface area contributed by atoms with Crippen LogP contribution in [0.2, 0.25) is 0 Å². The lowest BCUT2D eigenvalue weighted by Crippen LogP contribution is -2.30. The van der Waals surface area contributed by atoms with Crippen LogP contribution in [0, 0.1) is 11.8 Å². The highest BCUT2D eigenvalue weighted by Crippen LogP contribution is 2.33. The van der Waals surface area contributed by atoms with E-state index in [4.69, 9.17) is 0 Å². The number of hydrogen-bond acceptors (Lipinski definition) is 1. The van der Waals surface area contributed by atoms with E-state index in [0.717, 1.165) is 13.0 Å². The molecule has 0 aromatic heterocycles. The Morgan fingerprint density at radius 3 is 3.00 bits per heavy atom. The minimum atomic E-state index is 0.287. The van der Waals surface area contributed by atoms with Gasteiger partial charge in [-0.15, -0.1) is 5.92 Å². The Morgan fingerprint density at radius 1 is 1.23 bits per heavy atom. The van der Waals surface area contributed by atoms with Crippen LogP contribution in [0.5, 0.6) is 0 Å². The first-order valence-corrected chi connectivity index (χ1v) is 4.76. The van der Waals surface area contributed by atoms with Gasteiger partial charge in [0.05, 0.1) is 6.04 Å². The molecule has 0 radical (unpaired) electrons. The SMILES string of the molecule is C1#CC2NCC(C1)c1ccccc12. The van der Waals surface area contributed by atoms with Gasteiger partial charge in [-0.25, -0.2) is 0 Å². The Hall–Kier alpha value is -1.26. The van der Waals surface area contributed by atoms with Gasteiger partial charge in [-0.3, -0.25) is 5.32 Å². The quantitative estimate of drug-likeness (QED) is 0.584. The zero-order chi connectivity index (χ0) is 8.67. The second-order valence-corrected chi connectivity index (χ2v) is 3.69. The first kappa shape index (κ1) is 7.17. The lowest BCUT2D eigenvalue weighted by atomic mass is 9.87. The smallest absolute Gasteiger partial charge is 0.0948 e. The van der Waals surface area contributed by atoms with Crippen molar-refractivity contribution >= 4 is 0 Å². The van der Waals surface area contributed by atoms with Gasteiger partial charge in [-0.05, 0) is 11.1 Å². The van der Waals surface area contributed by atoms with Crippen molar-refractivity contribution in [3.63, 3.8) is 0 Å². The van der Waals surface area contributed by atoms with E-state index in [2.05, 4.69) is 41.4 Å². The molecule has 0 spiro atoms. The fourth-order valence-electron chi connectivity index (χ4n) is 2.22. The topological polar surface area (TPSA) is 12.0 Å². The summed E-state index contributed by atoms with van der Waals surface area (Å²) < 4.78 is 0. The van der Waals surface area contributed by atoms with Crippen LogP contribution in [0.25, 0.3) is 0 Å². The third kappa shape index (κ3) is 0.993. The van der Waals surface area contributed by atoms with E-state index in [1.165, 1.54) is 11.1 Å². The monoisotopic (exact) mass is 169 g/mol. The molecule has 2 atom stereocenters. The molecule has 64 valence electrons. The maximum absolute atomic E-state index is 3.46. The van der Waals surface area contributed by atoms with E-state index >= 15 is 0 Å². The maximum Gasteiger partial charge on any atom is 0.0948 e. The third-order valence-electron chi connectivity index (χ3n) is 2.91. The molecule has 1 heteroatoms. The molecule has 1 nitrogen and oxygen atoms in total. The molecule has 1 aliphatic carbocycles. The minimum absolute atomic E-state index is 0.287. The Kier molecular flexibility index (Phi) is 1.44. The molecule has 1 aromatic carbocycles. The molecule has 4 rings (SSSR count). The van der Waals surface area contributed by atoms with Crippen LogP contribution >= 0.6 is 0 Å². The first-order valence-electron chi connectivity index (χ1n) is 4.76. The summed E-state index contributed by atoms with van der Waals surface area (Å²) in [6.07, 6.45) is 1.01. The second kappa shape index (κ2) is 2.61. The summed E-state index contributed by atoms with van der Waals surface area (Å²) in [5.74, 6) is 7.13. The number of benzene rings is 1. The van der Waals surface area contributed by atoms with Crippen LogP contribution in [-0.2, 0) is 0 Å². The Morgan fingerprint density at radius 2 is 2.08 bits per heavy atom. The van der Waals surface area contributed by atoms with Gasteiger partial charge in [-0.1, -0.05) is 30.2 Å². The van der Waals surface area contributed by atoms with Crippen molar-refractivity contribution in [2.24, 2.45) is 0 Å². The molecule has 1 aromatic rings. The summed E-state index contributed by atoms with van der Waals surface area (Å²) in [4.78, 5) is 0. The lowest BCUT2D eigenvalue weighted by Gasteiger charge is -2.27. The molecule has 13 heavy (non-hydrogen) atoms. The normalized spacial score (nSPS) is 28.6. The van der Waals surface area contributed by atoms with Gasteiger partial charge in [0, 0.05) is 18.9 Å². The van der Waals surface area contributed by atoms with Gasteiger partial charge >= 0.3 is 0 Å². The zero-order valence-corrected chi connectivity index (χ0v) is 7.38. The van der Waals surface area contributed by atoms with Crippen molar-refractivity contribution in [2.75, 3.05) is 6.54 Å². The number of rotatable bonds is 0.